The molecule has 0 unspecified atom stereocenters. The average Bonchev–Trinajstić information content (AvgIpc) is 2.98. The second-order valence-electron chi connectivity index (χ2n) is 5.43. The van der Waals surface area contributed by atoms with Crippen LogP contribution >= 0.6 is 0 Å². The summed E-state index contributed by atoms with van der Waals surface area (Å²) in [4.78, 5) is 17.9. The first kappa shape index (κ1) is 17.2. The van der Waals surface area contributed by atoms with Crippen molar-refractivity contribution in [1.82, 2.24) is 19.9 Å². The largest absolute Gasteiger partial charge is 0.329 e. The van der Waals surface area contributed by atoms with E-state index in [1.807, 2.05) is 24.5 Å². The number of nitrogens with one attached hydrogen (secondary N) is 1. The lowest BCUT2D eigenvalue weighted by Gasteiger charge is -2.19. The molecule has 0 aliphatic carbocycles. The number of hydroxylamine groups is 1. The molecule has 1 aromatic carbocycles. The van der Waals surface area contributed by atoms with Crippen LogP contribution in [0.3, 0.4) is 0 Å². The summed E-state index contributed by atoms with van der Waals surface area (Å²) >= 11 is 0. The van der Waals surface area contributed by atoms with Gasteiger partial charge in [-0.15, -0.1) is 0 Å². The highest BCUT2D eigenvalue weighted by atomic mass is 16.5. The molecular formula is C17H24N4O2. The van der Waals surface area contributed by atoms with E-state index in [9.17, 15) is 4.79 Å². The van der Waals surface area contributed by atoms with Crippen LogP contribution in [-0.2, 0) is 11.3 Å². The molecule has 1 amide bonds. The highest BCUT2D eigenvalue weighted by Gasteiger charge is 2.05. The minimum atomic E-state index is -0.550. The maximum atomic E-state index is 11.0. The van der Waals surface area contributed by atoms with Crippen molar-refractivity contribution in [2.24, 2.45) is 0 Å². The SMILES string of the molecule is CCCN(CC)CCn1cnc2cc(C=CC(=O)NO)ccc21. The first-order valence-corrected chi connectivity index (χ1v) is 7.97. The Bertz CT molecular complexity index is 678. The van der Waals surface area contributed by atoms with Crippen LogP contribution in [0.15, 0.2) is 30.6 Å². The van der Waals surface area contributed by atoms with E-state index < -0.39 is 5.91 Å². The molecule has 23 heavy (non-hydrogen) atoms. The Balaban J connectivity index is 2.09. The lowest BCUT2D eigenvalue weighted by molar-refractivity contribution is -0.124. The number of aromatic nitrogens is 2. The van der Waals surface area contributed by atoms with Crippen molar-refractivity contribution in [2.45, 2.75) is 26.8 Å². The molecule has 0 radical (unpaired) electrons. The number of carbonyl (C=O) groups excluding carboxylic acids is 1. The first-order valence-electron chi connectivity index (χ1n) is 7.97. The number of rotatable bonds is 8. The molecule has 2 N–H and O–H groups in total. The number of likely N-dealkylation sites (N-methyl/N-ethyl adjacent to an activating group) is 1. The van der Waals surface area contributed by atoms with Gasteiger partial charge in [0.05, 0.1) is 17.4 Å². The van der Waals surface area contributed by atoms with Gasteiger partial charge < -0.3 is 9.47 Å². The van der Waals surface area contributed by atoms with Crippen LogP contribution < -0.4 is 5.48 Å². The molecule has 2 rings (SSSR count). The van der Waals surface area contributed by atoms with Gasteiger partial charge in [0.15, 0.2) is 0 Å². The van der Waals surface area contributed by atoms with Crippen LogP contribution in [-0.4, -0.2) is 45.2 Å². The van der Waals surface area contributed by atoms with Gasteiger partial charge in [0, 0.05) is 19.2 Å². The van der Waals surface area contributed by atoms with Gasteiger partial charge in [-0.3, -0.25) is 10.0 Å². The fraction of sp³-hybridized carbons (Fsp3) is 0.412. The molecule has 2 aromatic rings. The van der Waals surface area contributed by atoms with Crippen molar-refractivity contribution >= 4 is 23.0 Å². The van der Waals surface area contributed by atoms with E-state index in [1.165, 1.54) is 6.08 Å². The van der Waals surface area contributed by atoms with Gasteiger partial charge in [-0.1, -0.05) is 19.9 Å². The Morgan fingerprint density at radius 3 is 2.91 bits per heavy atom. The molecule has 1 aromatic heterocycles. The summed E-state index contributed by atoms with van der Waals surface area (Å²) in [5.41, 5.74) is 4.42. The standard InChI is InChI=1S/C17H24N4O2/c1-3-9-20(4-2)10-11-21-13-18-15-12-14(5-7-16(15)21)6-8-17(22)19-23/h5-8,12-13,23H,3-4,9-11H2,1-2H3,(H,19,22). The highest BCUT2D eigenvalue weighted by molar-refractivity contribution is 5.91. The molecule has 0 spiro atoms. The van der Waals surface area contributed by atoms with Crippen molar-refractivity contribution < 1.29 is 10.0 Å². The van der Waals surface area contributed by atoms with E-state index in [0.717, 1.165) is 49.2 Å². The molecule has 0 aliphatic heterocycles. The fourth-order valence-electron chi connectivity index (χ4n) is 2.57. The first-order chi connectivity index (χ1) is 11.2. The Morgan fingerprint density at radius 1 is 1.39 bits per heavy atom. The summed E-state index contributed by atoms with van der Waals surface area (Å²) in [6.07, 6.45) is 5.94. The second kappa shape index (κ2) is 8.45. The number of carbonyl (C=O) groups is 1. The summed E-state index contributed by atoms with van der Waals surface area (Å²) in [5, 5.41) is 8.48. The molecule has 0 aliphatic rings. The summed E-state index contributed by atoms with van der Waals surface area (Å²) < 4.78 is 2.15. The van der Waals surface area contributed by atoms with Crippen LogP contribution in [0.1, 0.15) is 25.8 Å². The molecule has 0 saturated carbocycles. The second-order valence-corrected chi connectivity index (χ2v) is 5.43. The predicted octanol–water partition coefficient (Wildman–Crippen LogP) is 2.29. The third kappa shape index (κ3) is 4.64. The third-order valence-electron chi connectivity index (χ3n) is 3.83. The minimum Gasteiger partial charge on any atom is -0.329 e. The minimum absolute atomic E-state index is 0.550. The molecule has 0 atom stereocenters. The predicted molar refractivity (Wildman–Crippen MR) is 91.1 cm³/mol. The van der Waals surface area contributed by atoms with E-state index in [4.69, 9.17) is 5.21 Å². The molecular weight excluding hydrogens is 292 g/mol. The number of imidazole rings is 1. The summed E-state index contributed by atoms with van der Waals surface area (Å²) in [5.74, 6) is -0.550. The van der Waals surface area contributed by atoms with Crippen LogP contribution in [0.4, 0.5) is 0 Å². The van der Waals surface area contributed by atoms with E-state index in [-0.39, 0.29) is 0 Å². The number of hydrogen-bond acceptors (Lipinski definition) is 4. The molecule has 1 heterocycles. The number of hydrogen-bond donors (Lipinski definition) is 2. The van der Waals surface area contributed by atoms with E-state index in [1.54, 1.807) is 11.6 Å². The van der Waals surface area contributed by atoms with E-state index in [0.29, 0.717) is 0 Å². The van der Waals surface area contributed by atoms with Crippen molar-refractivity contribution in [2.75, 3.05) is 19.6 Å². The topological polar surface area (TPSA) is 70.4 Å². The van der Waals surface area contributed by atoms with Gasteiger partial charge in [0.1, 0.15) is 0 Å². The third-order valence-corrected chi connectivity index (χ3v) is 3.83. The van der Waals surface area contributed by atoms with Gasteiger partial charge >= 0.3 is 0 Å². The number of benzene rings is 1. The van der Waals surface area contributed by atoms with Crippen LogP contribution in [0.2, 0.25) is 0 Å². The molecule has 0 bridgehead atoms. The Labute approximate surface area is 136 Å². The highest BCUT2D eigenvalue weighted by Crippen LogP contribution is 2.16. The Morgan fingerprint density at radius 2 is 2.22 bits per heavy atom. The van der Waals surface area contributed by atoms with Gasteiger partial charge in [0.2, 0.25) is 0 Å². The van der Waals surface area contributed by atoms with E-state index >= 15 is 0 Å². The summed E-state index contributed by atoms with van der Waals surface area (Å²) in [7, 11) is 0. The fourth-order valence-corrected chi connectivity index (χ4v) is 2.57. The Hall–Kier alpha value is -2.18. The summed E-state index contributed by atoms with van der Waals surface area (Å²) in [6.45, 7) is 8.47. The zero-order chi connectivity index (χ0) is 16.7. The van der Waals surface area contributed by atoms with Crippen molar-refractivity contribution in [3.63, 3.8) is 0 Å². The lowest BCUT2D eigenvalue weighted by Crippen LogP contribution is -2.27. The molecule has 6 heteroatoms. The molecule has 0 saturated heterocycles. The smallest absolute Gasteiger partial charge is 0.267 e. The van der Waals surface area contributed by atoms with Crippen LogP contribution in [0.25, 0.3) is 17.1 Å². The normalized spacial score (nSPS) is 11.7. The van der Waals surface area contributed by atoms with E-state index in [2.05, 4.69) is 28.3 Å². The van der Waals surface area contributed by atoms with Gasteiger partial charge in [-0.25, -0.2) is 10.5 Å². The zero-order valence-electron chi connectivity index (χ0n) is 13.7. The number of fused-ring (bicyclic) bond motifs is 1. The number of amides is 1. The van der Waals surface area contributed by atoms with Crippen LogP contribution in [0.5, 0.6) is 0 Å². The number of nitrogens with zero attached hydrogens (tertiary/aromatic N) is 3. The van der Waals surface area contributed by atoms with Crippen LogP contribution in [0, 0.1) is 0 Å². The zero-order valence-corrected chi connectivity index (χ0v) is 13.7. The maximum absolute atomic E-state index is 11.0. The molecule has 124 valence electrons. The average molecular weight is 316 g/mol. The quantitative estimate of drug-likeness (QED) is 0.445. The van der Waals surface area contributed by atoms with Crippen molar-refractivity contribution in [3.05, 3.63) is 36.2 Å². The maximum Gasteiger partial charge on any atom is 0.267 e. The van der Waals surface area contributed by atoms with Crippen molar-refractivity contribution in [3.8, 4) is 0 Å². The summed E-state index contributed by atoms with van der Waals surface area (Å²) in [6, 6.07) is 5.87. The lowest BCUT2D eigenvalue weighted by atomic mass is 10.2. The monoisotopic (exact) mass is 316 g/mol. The molecule has 0 fully saturated rings. The van der Waals surface area contributed by atoms with Gasteiger partial charge in [-0.2, -0.15) is 0 Å². The van der Waals surface area contributed by atoms with Crippen molar-refractivity contribution in [1.29, 1.82) is 0 Å². The Kier molecular flexibility index (Phi) is 6.31. The van der Waals surface area contributed by atoms with Gasteiger partial charge in [-0.05, 0) is 43.3 Å². The molecule has 6 nitrogen and oxygen atoms in total. The van der Waals surface area contributed by atoms with Gasteiger partial charge in [0.25, 0.3) is 5.91 Å².